The minimum Gasteiger partial charge on any atom is -0.861 e. The summed E-state index contributed by atoms with van der Waals surface area (Å²) in [4.78, 5) is 9.60. The molecule has 1 aliphatic heterocycles. The monoisotopic (exact) mass is 462 g/mol. The van der Waals surface area contributed by atoms with E-state index in [1.165, 1.54) is 11.0 Å². The summed E-state index contributed by atoms with van der Waals surface area (Å²) in [7, 11) is 0. The first-order valence-corrected chi connectivity index (χ1v) is 10.9. The van der Waals surface area contributed by atoms with Crippen LogP contribution in [-0.2, 0) is 4.74 Å². The molecule has 4 rings (SSSR count). The van der Waals surface area contributed by atoms with Gasteiger partial charge in [0.15, 0.2) is 0 Å². The van der Waals surface area contributed by atoms with Crippen molar-refractivity contribution in [1.29, 1.82) is 10.5 Å². The van der Waals surface area contributed by atoms with E-state index < -0.39 is 5.90 Å². The number of morpholine rings is 1. The van der Waals surface area contributed by atoms with E-state index in [4.69, 9.17) is 15.0 Å². The molecular weight excluding hydrogens is 444 g/mol. The molecule has 1 aliphatic rings. The number of hydrogen-bond donors (Lipinski definition) is 1. The lowest BCUT2D eigenvalue weighted by Crippen LogP contribution is -2.62. The molecule has 12 heteroatoms. The molecule has 0 atom stereocenters. The summed E-state index contributed by atoms with van der Waals surface area (Å²) >= 11 is 1.01. The van der Waals surface area contributed by atoms with Crippen molar-refractivity contribution >= 4 is 29.4 Å². The molecule has 11 nitrogen and oxygen atoms in total. The van der Waals surface area contributed by atoms with Crippen LogP contribution in [0.2, 0.25) is 0 Å². The third-order valence-corrected chi connectivity index (χ3v) is 5.73. The molecule has 0 aliphatic carbocycles. The SMILES string of the molecule is N#Cc1c(N)nc(SC/C([O-])=N/c2c[n+](N3CCOCC3)no2)c(C#N)c1-c1ccccc1. The Kier molecular flexibility index (Phi) is 6.69. The lowest BCUT2D eigenvalue weighted by Gasteiger charge is -2.18. The molecule has 3 aromatic rings. The first kappa shape index (κ1) is 22.1. The summed E-state index contributed by atoms with van der Waals surface area (Å²) in [5.74, 6) is -0.562. The highest BCUT2D eigenvalue weighted by atomic mass is 32.2. The van der Waals surface area contributed by atoms with Gasteiger partial charge >= 0.3 is 5.88 Å². The standard InChI is InChI=1S/C21H18N8O3S/c22-10-15-19(14-4-2-1-3-5-14)16(11-23)21(26-20(15)24)33-13-17(30)25-18-12-29(27-32-18)28-6-8-31-9-7-28/h1-5,12H,6-9,13H2,(H2-,24,25,26,27,30). The molecule has 1 saturated heterocycles. The average Bonchev–Trinajstić information content (AvgIpc) is 3.31. The van der Waals surface area contributed by atoms with Gasteiger partial charge < -0.3 is 15.6 Å². The van der Waals surface area contributed by atoms with Crippen LogP contribution in [0.15, 0.2) is 51.1 Å². The maximum absolute atomic E-state index is 12.4. The number of nitriles is 2. The first-order chi connectivity index (χ1) is 16.1. The third kappa shape index (κ3) is 4.87. The van der Waals surface area contributed by atoms with Crippen LogP contribution in [0.25, 0.3) is 11.1 Å². The molecule has 166 valence electrons. The molecule has 3 heterocycles. The van der Waals surface area contributed by atoms with Crippen molar-refractivity contribution in [2.45, 2.75) is 5.03 Å². The molecule has 0 amide bonds. The van der Waals surface area contributed by atoms with Gasteiger partial charge in [-0.1, -0.05) is 42.1 Å². The number of benzene rings is 1. The fraction of sp³-hybridized carbons (Fsp3) is 0.238. The zero-order valence-corrected chi connectivity index (χ0v) is 18.2. The summed E-state index contributed by atoms with van der Waals surface area (Å²) < 4.78 is 10.4. The molecule has 1 fully saturated rings. The van der Waals surface area contributed by atoms with Gasteiger partial charge in [0.05, 0.1) is 36.7 Å². The van der Waals surface area contributed by atoms with Crippen LogP contribution in [0.3, 0.4) is 0 Å². The second-order valence-electron chi connectivity index (χ2n) is 6.84. The van der Waals surface area contributed by atoms with E-state index in [1.807, 2.05) is 17.1 Å². The van der Waals surface area contributed by atoms with Gasteiger partial charge in [0, 0.05) is 11.3 Å². The quantitative estimate of drug-likeness (QED) is 0.236. The van der Waals surface area contributed by atoms with Gasteiger partial charge in [-0.2, -0.15) is 10.5 Å². The zero-order chi connectivity index (χ0) is 23.2. The number of nitrogens with two attached hydrogens (primary N) is 1. The Morgan fingerprint density at radius 1 is 1.21 bits per heavy atom. The number of rotatable bonds is 6. The van der Waals surface area contributed by atoms with Crippen LogP contribution in [0.1, 0.15) is 11.1 Å². The molecule has 0 saturated carbocycles. The Labute approximate surface area is 193 Å². The maximum Gasteiger partial charge on any atom is 0.324 e. The number of ether oxygens (including phenoxy) is 1. The van der Waals surface area contributed by atoms with Gasteiger partial charge in [0.25, 0.3) is 6.20 Å². The summed E-state index contributed by atoms with van der Waals surface area (Å²) in [6.45, 7) is 2.45. The van der Waals surface area contributed by atoms with Crippen molar-refractivity contribution in [2.75, 3.05) is 42.8 Å². The minimum atomic E-state index is -0.500. The highest BCUT2D eigenvalue weighted by Gasteiger charge is 2.23. The predicted octanol–water partition coefficient (Wildman–Crippen LogP) is 0.500. The van der Waals surface area contributed by atoms with Gasteiger partial charge in [-0.3, -0.25) is 4.52 Å². The van der Waals surface area contributed by atoms with Gasteiger partial charge in [0.2, 0.25) is 5.27 Å². The number of aromatic nitrogens is 3. The highest BCUT2D eigenvalue weighted by molar-refractivity contribution is 8.00. The van der Waals surface area contributed by atoms with Crippen LogP contribution < -0.4 is 20.6 Å². The normalized spacial score (nSPS) is 14.0. The highest BCUT2D eigenvalue weighted by Crippen LogP contribution is 2.35. The van der Waals surface area contributed by atoms with Crippen molar-refractivity contribution < 1.29 is 19.2 Å². The van der Waals surface area contributed by atoms with Crippen LogP contribution in [0.5, 0.6) is 0 Å². The Morgan fingerprint density at radius 2 is 1.94 bits per heavy atom. The first-order valence-electron chi connectivity index (χ1n) is 9.88. The number of aliphatic imine (C=N–C) groups is 1. The van der Waals surface area contributed by atoms with E-state index in [0.29, 0.717) is 37.4 Å². The predicted molar refractivity (Wildman–Crippen MR) is 117 cm³/mol. The lowest BCUT2D eigenvalue weighted by molar-refractivity contribution is -0.759. The number of nitrogens with zero attached hydrogens (tertiary/aromatic N) is 7. The topological polar surface area (TPSA) is 164 Å². The lowest BCUT2D eigenvalue weighted by atomic mass is 9.97. The van der Waals surface area contributed by atoms with E-state index in [1.54, 1.807) is 24.3 Å². The summed E-state index contributed by atoms with van der Waals surface area (Å²) in [5, 5.41) is 37.8. The van der Waals surface area contributed by atoms with Crippen molar-refractivity contribution in [3.05, 3.63) is 47.7 Å². The van der Waals surface area contributed by atoms with Crippen molar-refractivity contribution in [2.24, 2.45) is 4.99 Å². The van der Waals surface area contributed by atoms with Crippen LogP contribution in [0, 0.1) is 22.7 Å². The number of anilines is 1. The molecule has 2 N–H and O–H groups in total. The Hall–Kier alpha value is -4.13. The maximum atomic E-state index is 12.4. The van der Waals surface area contributed by atoms with Gasteiger partial charge in [-0.05, 0) is 11.5 Å². The van der Waals surface area contributed by atoms with Gasteiger partial charge in [-0.25, -0.2) is 9.98 Å². The van der Waals surface area contributed by atoms with Crippen molar-refractivity contribution in [1.82, 2.24) is 10.3 Å². The molecule has 1 aromatic carbocycles. The smallest absolute Gasteiger partial charge is 0.324 e. The van der Waals surface area contributed by atoms with E-state index in [9.17, 15) is 15.6 Å². The third-order valence-electron chi connectivity index (χ3n) is 4.77. The van der Waals surface area contributed by atoms with Crippen LogP contribution >= 0.6 is 11.8 Å². The fourth-order valence-corrected chi connectivity index (χ4v) is 4.03. The molecular formula is C21H18N8O3S. The summed E-state index contributed by atoms with van der Waals surface area (Å²) in [6.07, 6.45) is 1.51. The molecule has 0 unspecified atom stereocenters. The molecule has 0 radical (unpaired) electrons. The minimum absolute atomic E-state index is 0.0102. The zero-order valence-electron chi connectivity index (χ0n) is 17.3. The van der Waals surface area contributed by atoms with Gasteiger partial charge in [-0.15, -0.1) is 5.01 Å². The average molecular weight is 462 g/mol. The summed E-state index contributed by atoms with van der Waals surface area (Å²) in [5.41, 5.74) is 7.34. The Morgan fingerprint density at radius 3 is 2.64 bits per heavy atom. The number of pyridine rings is 1. The fourth-order valence-electron chi connectivity index (χ4n) is 3.25. The van der Waals surface area contributed by atoms with Crippen molar-refractivity contribution in [3.63, 3.8) is 0 Å². The number of nitrogen functional groups attached to an aromatic ring is 1. The molecule has 33 heavy (non-hydrogen) atoms. The molecule has 0 bridgehead atoms. The van der Waals surface area contributed by atoms with E-state index in [-0.39, 0.29) is 33.6 Å². The van der Waals surface area contributed by atoms with Gasteiger partial charge in [0.1, 0.15) is 28.5 Å². The van der Waals surface area contributed by atoms with E-state index in [2.05, 4.69) is 21.3 Å². The van der Waals surface area contributed by atoms with E-state index >= 15 is 0 Å². The number of hydrogen-bond acceptors (Lipinski definition) is 11. The largest absolute Gasteiger partial charge is 0.861 e. The second kappa shape index (κ2) is 9.99. The van der Waals surface area contributed by atoms with Crippen molar-refractivity contribution in [3.8, 4) is 23.3 Å². The molecule has 2 aromatic heterocycles. The Balaban J connectivity index is 1.56. The summed E-state index contributed by atoms with van der Waals surface area (Å²) in [6, 6.07) is 13.1. The van der Waals surface area contributed by atoms with Crippen LogP contribution in [-0.4, -0.2) is 48.2 Å². The van der Waals surface area contributed by atoms with E-state index in [0.717, 1.165) is 11.8 Å². The Bertz CT molecular complexity index is 1260. The molecule has 0 spiro atoms. The van der Waals surface area contributed by atoms with Crippen LogP contribution in [0.4, 0.5) is 11.7 Å². The second-order valence-corrected chi connectivity index (χ2v) is 7.80. The number of thioether (sulfide) groups is 1.